The molecule has 0 aliphatic carbocycles. The molecule has 2 aromatic rings. The Hall–Kier alpha value is -4.00. The molecule has 14 heteroatoms. The average molecular weight is 540 g/mol. The van der Waals surface area contributed by atoms with Crippen LogP contribution in [0.4, 0.5) is 18.9 Å². The van der Waals surface area contributed by atoms with E-state index in [9.17, 15) is 37.1 Å². The number of rotatable bonds is 8. The Morgan fingerprint density at radius 3 is 2.49 bits per heavy atom. The molecule has 37 heavy (non-hydrogen) atoms. The molecule has 1 aromatic heterocycles. The second kappa shape index (κ2) is 10.9. The van der Waals surface area contributed by atoms with Crippen LogP contribution in [0.25, 0.3) is 0 Å². The van der Waals surface area contributed by atoms with Gasteiger partial charge in [0.25, 0.3) is 17.7 Å². The average Bonchev–Trinajstić information content (AvgIpc) is 3.14. The number of nitrogens with two attached hydrogens (primary N) is 1. The van der Waals surface area contributed by atoms with Crippen molar-refractivity contribution in [1.82, 2.24) is 15.6 Å². The second-order valence-electron chi connectivity index (χ2n) is 8.40. The number of nitrogens with one attached hydrogen (secondary N) is 3. The molecule has 2 heterocycles. The summed E-state index contributed by atoms with van der Waals surface area (Å²) in [4.78, 5) is 65.0. The lowest BCUT2D eigenvalue weighted by atomic mass is 9.94. The molecule has 4 amide bonds. The van der Waals surface area contributed by atoms with Gasteiger partial charge in [-0.2, -0.15) is 13.2 Å². The van der Waals surface area contributed by atoms with Gasteiger partial charge in [0, 0.05) is 28.7 Å². The van der Waals surface area contributed by atoms with Crippen molar-refractivity contribution < 1.29 is 37.1 Å². The maximum absolute atomic E-state index is 13.1. The Labute approximate surface area is 213 Å². The van der Waals surface area contributed by atoms with Gasteiger partial charge in [0.05, 0.1) is 17.3 Å². The number of aromatic nitrogens is 1. The van der Waals surface area contributed by atoms with Crippen molar-refractivity contribution in [3.63, 3.8) is 0 Å². The van der Waals surface area contributed by atoms with Crippen LogP contribution in [0.5, 0.6) is 0 Å². The number of pyridine rings is 1. The third kappa shape index (κ3) is 6.82. The zero-order chi connectivity index (χ0) is 27.5. The molecule has 3 rings (SSSR count). The van der Waals surface area contributed by atoms with Crippen LogP contribution in [0.3, 0.4) is 0 Å². The van der Waals surface area contributed by atoms with Gasteiger partial charge in [0.15, 0.2) is 0 Å². The second-order valence-corrected chi connectivity index (χ2v) is 8.84. The quantitative estimate of drug-likeness (QED) is 0.376. The minimum Gasteiger partial charge on any atom is -0.363 e. The molecule has 3 atom stereocenters. The lowest BCUT2D eigenvalue weighted by Gasteiger charge is -2.20. The fourth-order valence-corrected chi connectivity index (χ4v) is 3.99. The first-order valence-corrected chi connectivity index (χ1v) is 11.2. The van der Waals surface area contributed by atoms with E-state index in [-0.39, 0.29) is 40.2 Å². The molecular weight excluding hydrogens is 519 g/mol. The largest absolute Gasteiger partial charge is 0.433 e. The first kappa shape index (κ1) is 27.6. The molecule has 0 radical (unpaired) electrons. The number of amides is 4. The molecule has 5 N–H and O–H groups in total. The van der Waals surface area contributed by atoms with Gasteiger partial charge in [-0.05, 0) is 50.1 Å². The van der Waals surface area contributed by atoms with E-state index in [1.807, 2.05) is 0 Å². The van der Waals surface area contributed by atoms with E-state index in [0.29, 0.717) is 12.5 Å². The van der Waals surface area contributed by atoms with E-state index in [1.54, 1.807) is 6.92 Å². The first-order valence-electron chi connectivity index (χ1n) is 10.8. The zero-order valence-corrected chi connectivity index (χ0v) is 19.9. The highest BCUT2D eigenvalue weighted by Crippen LogP contribution is 2.28. The summed E-state index contributed by atoms with van der Waals surface area (Å²) >= 11 is 5.99. The summed E-state index contributed by atoms with van der Waals surface area (Å²) in [5.41, 5.74) is 3.05. The fourth-order valence-electron chi connectivity index (χ4n) is 3.82. The Kier molecular flexibility index (Phi) is 8.16. The fraction of sp³-hybridized carbons (Fsp3) is 0.304. The van der Waals surface area contributed by atoms with Crippen molar-refractivity contribution in [2.45, 2.75) is 38.0 Å². The number of benzene rings is 1. The van der Waals surface area contributed by atoms with Crippen molar-refractivity contribution in [2.24, 2.45) is 11.7 Å². The van der Waals surface area contributed by atoms with Gasteiger partial charge in [-0.15, -0.1) is 0 Å². The molecule has 1 aromatic carbocycles. The number of primary amides is 1. The highest BCUT2D eigenvalue weighted by molar-refractivity contribution is 6.38. The number of carbonyl (C=O) groups is 5. The van der Waals surface area contributed by atoms with Crippen LogP contribution in [-0.2, 0) is 20.6 Å². The van der Waals surface area contributed by atoms with E-state index in [0.717, 1.165) is 18.3 Å². The van der Waals surface area contributed by atoms with Crippen LogP contribution in [0, 0.1) is 5.92 Å². The Morgan fingerprint density at radius 1 is 1.19 bits per heavy atom. The molecule has 196 valence electrons. The minimum atomic E-state index is -4.78. The topological polar surface area (TPSA) is 160 Å². The maximum Gasteiger partial charge on any atom is 0.433 e. The molecule has 10 nitrogen and oxygen atoms in total. The van der Waals surface area contributed by atoms with E-state index in [1.165, 1.54) is 12.1 Å². The third-order valence-corrected chi connectivity index (χ3v) is 5.80. The summed E-state index contributed by atoms with van der Waals surface area (Å²) in [6.07, 6.45) is -3.81. The van der Waals surface area contributed by atoms with Gasteiger partial charge >= 0.3 is 6.18 Å². The SMILES string of the molecule is C[C@@H]1C[C@@H](CC(NC(=O)c2cc(Cl)ccc2NC(=O)c2ccnc(C(F)(F)F)c2)C(=O)C(N)=O)C(=O)N1. The van der Waals surface area contributed by atoms with Gasteiger partial charge in [0.2, 0.25) is 11.7 Å². The van der Waals surface area contributed by atoms with E-state index in [4.69, 9.17) is 17.3 Å². The summed E-state index contributed by atoms with van der Waals surface area (Å²) in [5, 5.41) is 7.42. The van der Waals surface area contributed by atoms with Gasteiger partial charge in [-0.3, -0.25) is 29.0 Å². The van der Waals surface area contributed by atoms with Crippen molar-refractivity contribution in [3.05, 3.63) is 58.4 Å². The molecule has 1 aliphatic rings. The van der Waals surface area contributed by atoms with Gasteiger partial charge in [-0.25, -0.2) is 0 Å². The van der Waals surface area contributed by atoms with Crippen molar-refractivity contribution in [2.75, 3.05) is 5.32 Å². The number of nitrogens with zero attached hydrogens (tertiary/aromatic N) is 1. The van der Waals surface area contributed by atoms with Crippen LogP contribution in [0.1, 0.15) is 46.2 Å². The number of halogens is 4. The Morgan fingerprint density at radius 2 is 1.89 bits per heavy atom. The predicted octanol–water partition coefficient (Wildman–Crippen LogP) is 2.07. The number of hydrogen-bond acceptors (Lipinski definition) is 6. The van der Waals surface area contributed by atoms with E-state index in [2.05, 4.69) is 20.9 Å². The summed E-state index contributed by atoms with van der Waals surface area (Å²) in [5.74, 6) is -5.41. The van der Waals surface area contributed by atoms with E-state index >= 15 is 0 Å². The normalized spacial score (nSPS) is 18.0. The predicted molar refractivity (Wildman–Crippen MR) is 124 cm³/mol. The van der Waals surface area contributed by atoms with Crippen LogP contribution in [0.15, 0.2) is 36.5 Å². The third-order valence-electron chi connectivity index (χ3n) is 5.57. The first-order chi connectivity index (χ1) is 17.3. The lowest BCUT2D eigenvalue weighted by molar-refractivity contribution is -0.141. The van der Waals surface area contributed by atoms with Crippen LogP contribution in [-0.4, -0.2) is 46.5 Å². The van der Waals surface area contributed by atoms with Crippen LogP contribution in [0.2, 0.25) is 5.02 Å². The summed E-state index contributed by atoms with van der Waals surface area (Å²) in [7, 11) is 0. The molecule has 1 unspecified atom stereocenters. The van der Waals surface area contributed by atoms with E-state index < -0.39 is 47.3 Å². The number of alkyl halides is 3. The Balaban J connectivity index is 1.85. The zero-order valence-electron chi connectivity index (χ0n) is 19.2. The standard InChI is InChI=1S/C23H21ClF3N5O5/c1-10-6-12(21(36)30-10)7-16(18(33)19(28)34)32-22(37)14-9-13(24)2-3-15(14)31-20(35)11-4-5-29-17(8-11)23(25,26)27/h2-5,8-10,12,16H,6-7H2,1H3,(H2,28,34)(H,30,36)(H,31,35)(H,32,37)/t10-,12+,16?/m1/s1. The maximum atomic E-state index is 13.1. The molecule has 1 saturated heterocycles. The molecule has 0 bridgehead atoms. The van der Waals surface area contributed by atoms with Crippen molar-refractivity contribution in [3.8, 4) is 0 Å². The number of carbonyl (C=O) groups excluding carboxylic acids is 5. The number of anilines is 1. The number of hydrogen-bond donors (Lipinski definition) is 4. The molecular formula is C23H21ClF3N5O5. The summed E-state index contributed by atoms with van der Waals surface area (Å²) in [6, 6.07) is 3.67. The monoisotopic (exact) mass is 539 g/mol. The van der Waals surface area contributed by atoms with Crippen LogP contribution < -0.4 is 21.7 Å². The van der Waals surface area contributed by atoms with Crippen molar-refractivity contribution >= 4 is 46.7 Å². The minimum absolute atomic E-state index is 0.0631. The molecule has 0 saturated carbocycles. The molecule has 1 aliphatic heterocycles. The Bertz CT molecular complexity index is 1270. The number of ketones is 1. The van der Waals surface area contributed by atoms with Gasteiger partial charge in [0.1, 0.15) is 5.69 Å². The molecule has 1 fully saturated rings. The number of Topliss-reactive ketones (excluding diaryl/α,β-unsaturated/α-hetero) is 1. The van der Waals surface area contributed by atoms with Gasteiger partial charge in [-0.1, -0.05) is 11.6 Å². The lowest BCUT2D eigenvalue weighted by Crippen LogP contribution is -2.47. The smallest absolute Gasteiger partial charge is 0.363 e. The summed E-state index contributed by atoms with van der Waals surface area (Å²) < 4.78 is 38.9. The highest BCUT2D eigenvalue weighted by atomic mass is 35.5. The summed E-state index contributed by atoms with van der Waals surface area (Å²) in [6.45, 7) is 1.75. The van der Waals surface area contributed by atoms with Crippen molar-refractivity contribution in [1.29, 1.82) is 0 Å². The van der Waals surface area contributed by atoms with Gasteiger partial charge < -0.3 is 21.7 Å². The molecule has 0 spiro atoms. The highest BCUT2D eigenvalue weighted by Gasteiger charge is 2.36. The van der Waals surface area contributed by atoms with Crippen LogP contribution >= 0.6 is 11.6 Å².